The Morgan fingerprint density at radius 1 is 0.771 bits per heavy atom. The van der Waals surface area contributed by atoms with Crippen LogP contribution in [-0.4, -0.2) is 173 Å². The fraction of sp³-hybridized carbons (Fsp3) is 1.00. The zero-order chi connectivity index (χ0) is 26.5. The maximum Gasteiger partial charge on any atom is 0.0594 e. The molecule has 9 heteroatoms. The van der Waals surface area contributed by atoms with Crippen molar-refractivity contribution in [3.05, 3.63) is 0 Å². The predicted molar refractivity (Wildman–Crippen MR) is 148 cm³/mol. The van der Waals surface area contributed by atoms with E-state index in [-0.39, 0.29) is 6.61 Å². The number of morpholine rings is 2. The third-order valence-corrected chi connectivity index (χ3v) is 6.68. The molecule has 9 nitrogen and oxygen atoms in total. The van der Waals surface area contributed by atoms with Crippen LogP contribution in [-0.2, 0) is 9.47 Å². The summed E-state index contributed by atoms with van der Waals surface area (Å²) >= 11 is 0. The van der Waals surface area contributed by atoms with E-state index in [4.69, 9.17) is 14.6 Å². The Bertz CT molecular complexity index is 412. The number of aliphatic hydroxyl groups excluding tert-OH is 1. The summed E-state index contributed by atoms with van der Waals surface area (Å²) in [5.41, 5.74) is 0. The summed E-state index contributed by atoms with van der Waals surface area (Å²) in [6.07, 6.45) is 0. The Morgan fingerprint density at radius 2 is 1.26 bits per heavy atom. The van der Waals surface area contributed by atoms with E-state index in [2.05, 4.69) is 85.4 Å². The SMILES string of the molecule is CC(C)N1CCN(N(C)C)CC1.CCN(CC)CCO.CCN1CCOCC1.CN1CCOCC1. The van der Waals surface area contributed by atoms with E-state index in [1.807, 2.05) is 0 Å². The van der Waals surface area contributed by atoms with E-state index < -0.39 is 0 Å². The molecule has 0 atom stereocenters. The van der Waals surface area contributed by atoms with Crippen LogP contribution in [0, 0.1) is 0 Å². The fourth-order valence-corrected chi connectivity index (χ4v) is 3.88. The molecule has 0 aliphatic carbocycles. The van der Waals surface area contributed by atoms with Crippen molar-refractivity contribution in [2.45, 2.75) is 40.7 Å². The van der Waals surface area contributed by atoms with E-state index in [1.165, 1.54) is 32.7 Å². The zero-order valence-electron chi connectivity index (χ0n) is 24.5. The molecule has 3 saturated heterocycles. The lowest BCUT2D eigenvalue weighted by Gasteiger charge is -2.39. The summed E-state index contributed by atoms with van der Waals surface area (Å²) in [6.45, 7) is 28.1. The first kappa shape index (κ1) is 34.6. The number of likely N-dealkylation sites (N-methyl/N-ethyl adjacent to an activating group) is 3. The number of hydrogen-bond donors (Lipinski definition) is 1. The van der Waals surface area contributed by atoms with Crippen molar-refractivity contribution in [1.29, 1.82) is 0 Å². The average Bonchev–Trinajstić information content (AvgIpc) is 2.89. The van der Waals surface area contributed by atoms with Gasteiger partial charge in [-0.3, -0.25) is 9.80 Å². The molecule has 3 rings (SSSR count). The number of hydrazine groups is 1. The third kappa shape index (κ3) is 18.5. The Kier molecular flexibility index (Phi) is 22.6. The topological polar surface area (TPSA) is 58.1 Å². The summed E-state index contributed by atoms with van der Waals surface area (Å²) < 4.78 is 10.3. The fourth-order valence-electron chi connectivity index (χ4n) is 3.88. The largest absolute Gasteiger partial charge is 0.395 e. The van der Waals surface area contributed by atoms with Gasteiger partial charge in [-0.25, -0.2) is 10.0 Å². The number of aliphatic hydroxyl groups is 1. The van der Waals surface area contributed by atoms with Gasteiger partial charge in [-0.1, -0.05) is 20.8 Å². The number of ether oxygens (including phenoxy) is 2. The van der Waals surface area contributed by atoms with Crippen LogP contribution in [0.25, 0.3) is 0 Å². The summed E-state index contributed by atoms with van der Waals surface area (Å²) in [7, 11) is 6.35. The number of hydrogen-bond acceptors (Lipinski definition) is 9. The molecule has 0 unspecified atom stereocenters. The minimum Gasteiger partial charge on any atom is -0.395 e. The molecule has 212 valence electrons. The highest BCUT2D eigenvalue weighted by molar-refractivity contribution is 4.71. The minimum absolute atomic E-state index is 0.279. The molecule has 1 N–H and O–H groups in total. The highest BCUT2D eigenvalue weighted by Gasteiger charge is 2.19. The smallest absolute Gasteiger partial charge is 0.0594 e. The van der Waals surface area contributed by atoms with Gasteiger partial charge in [0.05, 0.1) is 33.0 Å². The van der Waals surface area contributed by atoms with Crippen LogP contribution in [0.4, 0.5) is 0 Å². The maximum absolute atomic E-state index is 8.46. The molecule has 0 spiro atoms. The lowest BCUT2D eigenvalue weighted by atomic mass is 10.2. The molecule has 0 saturated carbocycles. The molecule has 0 aromatic heterocycles. The zero-order valence-corrected chi connectivity index (χ0v) is 24.5. The molecule has 0 aromatic carbocycles. The highest BCUT2D eigenvalue weighted by Crippen LogP contribution is 2.05. The van der Waals surface area contributed by atoms with Crippen molar-refractivity contribution in [3.63, 3.8) is 0 Å². The summed E-state index contributed by atoms with van der Waals surface area (Å²) in [5, 5.41) is 13.0. The molecular weight excluding hydrogens is 444 g/mol. The second kappa shape index (κ2) is 22.8. The Labute approximate surface area is 217 Å². The van der Waals surface area contributed by atoms with Crippen LogP contribution >= 0.6 is 0 Å². The molecule has 0 amide bonds. The summed E-state index contributed by atoms with van der Waals surface area (Å²) in [4.78, 5) is 9.37. The minimum atomic E-state index is 0.279. The van der Waals surface area contributed by atoms with Crippen LogP contribution in [0.1, 0.15) is 34.6 Å². The molecule has 3 aliphatic rings. The second-order valence-electron chi connectivity index (χ2n) is 9.64. The van der Waals surface area contributed by atoms with Gasteiger partial charge >= 0.3 is 0 Å². The van der Waals surface area contributed by atoms with Crippen molar-refractivity contribution >= 4 is 0 Å². The molecule has 0 radical (unpaired) electrons. The van der Waals surface area contributed by atoms with Gasteiger partial charge in [0.15, 0.2) is 0 Å². The number of piperazine rings is 1. The second-order valence-corrected chi connectivity index (χ2v) is 9.64. The van der Waals surface area contributed by atoms with Crippen molar-refractivity contribution in [3.8, 4) is 0 Å². The first-order chi connectivity index (χ1) is 16.8. The van der Waals surface area contributed by atoms with E-state index >= 15 is 0 Å². The summed E-state index contributed by atoms with van der Waals surface area (Å²) in [6, 6.07) is 0.703. The van der Waals surface area contributed by atoms with Crippen molar-refractivity contribution in [1.82, 2.24) is 29.6 Å². The van der Waals surface area contributed by atoms with Gasteiger partial charge < -0.3 is 24.4 Å². The van der Waals surface area contributed by atoms with Gasteiger partial charge in [0, 0.05) is 79.0 Å². The maximum atomic E-state index is 8.46. The van der Waals surface area contributed by atoms with Crippen LogP contribution in [0.3, 0.4) is 0 Å². The number of nitrogens with zero attached hydrogens (tertiary/aromatic N) is 6. The normalized spacial score (nSPS) is 20.6. The number of rotatable bonds is 7. The molecule has 0 aromatic rings. The molecule has 3 aliphatic heterocycles. The van der Waals surface area contributed by atoms with E-state index in [0.717, 1.165) is 72.2 Å². The van der Waals surface area contributed by atoms with Crippen LogP contribution in [0.2, 0.25) is 0 Å². The predicted octanol–water partition coefficient (Wildman–Crippen LogP) is 1.10. The monoisotopic (exact) mass is 504 g/mol. The lowest BCUT2D eigenvalue weighted by molar-refractivity contribution is -0.0254. The van der Waals surface area contributed by atoms with E-state index in [0.29, 0.717) is 6.04 Å². The van der Waals surface area contributed by atoms with Gasteiger partial charge in [0.2, 0.25) is 0 Å². The first-order valence-electron chi connectivity index (χ1n) is 13.8. The van der Waals surface area contributed by atoms with Crippen molar-refractivity contribution in [2.75, 3.05) is 133 Å². The third-order valence-electron chi connectivity index (χ3n) is 6.68. The average molecular weight is 505 g/mol. The Morgan fingerprint density at radius 3 is 1.51 bits per heavy atom. The first-order valence-corrected chi connectivity index (χ1v) is 13.8. The summed E-state index contributed by atoms with van der Waals surface area (Å²) in [5.74, 6) is 0. The van der Waals surface area contributed by atoms with Crippen molar-refractivity contribution < 1.29 is 14.6 Å². The van der Waals surface area contributed by atoms with E-state index in [1.54, 1.807) is 0 Å². The van der Waals surface area contributed by atoms with Gasteiger partial charge in [-0.2, -0.15) is 0 Å². The quantitative estimate of drug-likeness (QED) is 0.549. The molecular formula is C26H60N6O3. The lowest BCUT2D eigenvalue weighted by Crippen LogP contribution is -2.52. The highest BCUT2D eigenvalue weighted by atomic mass is 16.5. The van der Waals surface area contributed by atoms with Crippen LogP contribution in [0.15, 0.2) is 0 Å². The van der Waals surface area contributed by atoms with Crippen molar-refractivity contribution in [2.24, 2.45) is 0 Å². The van der Waals surface area contributed by atoms with E-state index in [9.17, 15) is 0 Å². The molecule has 35 heavy (non-hydrogen) atoms. The molecule has 3 fully saturated rings. The van der Waals surface area contributed by atoms with Gasteiger partial charge in [-0.15, -0.1) is 0 Å². The standard InChI is InChI=1S/C9H21N3.C6H13NO.C6H15NO.C5H11NO/c1-9(2)11-5-7-12(8-6-11)10(3)4;1-2-7-3-5-8-6-4-7;1-3-7(4-2)5-6-8;1-6-2-4-7-5-3-6/h9H,5-8H2,1-4H3;2-6H2,1H3;8H,3-6H2,1-2H3;2-5H2,1H3. The van der Waals surface area contributed by atoms with Gasteiger partial charge in [0.25, 0.3) is 0 Å². The van der Waals surface area contributed by atoms with Crippen LogP contribution in [0.5, 0.6) is 0 Å². The van der Waals surface area contributed by atoms with Gasteiger partial charge in [-0.05, 0) is 40.5 Å². The Balaban J connectivity index is 0.000000451. The van der Waals surface area contributed by atoms with Crippen LogP contribution < -0.4 is 0 Å². The molecule has 3 heterocycles. The molecule has 0 bridgehead atoms. The Hall–Kier alpha value is -0.360. The van der Waals surface area contributed by atoms with Gasteiger partial charge in [0.1, 0.15) is 0 Å².